The van der Waals surface area contributed by atoms with Crippen LogP contribution in [0.3, 0.4) is 0 Å². The Labute approximate surface area is 116 Å². The van der Waals surface area contributed by atoms with E-state index in [2.05, 4.69) is 5.32 Å². The Morgan fingerprint density at radius 2 is 2.15 bits per heavy atom. The number of nitrogens with one attached hydrogen (secondary N) is 1. The van der Waals surface area contributed by atoms with E-state index in [1.807, 2.05) is 0 Å². The average Bonchev–Trinajstić information content (AvgIpc) is 2.40. The third-order valence-corrected chi connectivity index (χ3v) is 3.22. The van der Waals surface area contributed by atoms with Crippen LogP contribution in [0.25, 0.3) is 0 Å². The van der Waals surface area contributed by atoms with E-state index in [4.69, 9.17) is 14.6 Å². The lowest BCUT2D eigenvalue weighted by Gasteiger charge is -2.34. The lowest BCUT2D eigenvalue weighted by Crippen LogP contribution is -2.47. The van der Waals surface area contributed by atoms with Gasteiger partial charge >= 0.3 is 5.97 Å². The van der Waals surface area contributed by atoms with E-state index in [1.165, 1.54) is 6.07 Å². The van der Waals surface area contributed by atoms with Crippen LogP contribution in [0.2, 0.25) is 0 Å². The number of methoxy groups -OCH3 is 1. The summed E-state index contributed by atoms with van der Waals surface area (Å²) in [6, 6.07) is 6.60. The number of carbonyl (C=O) groups excluding carboxylic acids is 1. The lowest BCUT2D eigenvalue weighted by atomic mass is 9.89. The normalized spacial score (nSPS) is 20.9. The molecule has 0 aliphatic heterocycles. The van der Waals surface area contributed by atoms with Crippen molar-refractivity contribution in [2.45, 2.75) is 25.0 Å². The lowest BCUT2D eigenvalue weighted by molar-refractivity contribution is -0.139. The molecule has 0 bridgehead atoms. The van der Waals surface area contributed by atoms with Gasteiger partial charge in [-0.2, -0.15) is 0 Å². The Balaban J connectivity index is 1.89. The molecule has 0 unspecified atom stereocenters. The molecule has 6 heteroatoms. The summed E-state index contributed by atoms with van der Waals surface area (Å²) < 4.78 is 10.2. The number of ether oxygens (including phenoxy) is 2. The number of carbonyl (C=O) groups is 2. The van der Waals surface area contributed by atoms with Crippen LogP contribution in [-0.2, 0) is 9.53 Å². The monoisotopic (exact) mass is 279 g/mol. The first-order valence-electron chi connectivity index (χ1n) is 6.37. The van der Waals surface area contributed by atoms with E-state index in [0.29, 0.717) is 11.3 Å². The van der Waals surface area contributed by atoms with Gasteiger partial charge in [0, 0.05) is 18.7 Å². The summed E-state index contributed by atoms with van der Waals surface area (Å²) >= 11 is 0. The molecule has 0 atom stereocenters. The number of amides is 1. The SMILES string of the molecule is COC1CC(NC(=O)c2cccc(OCC(=O)O)c2)C1. The van der Waals surface area contributed by atoms with E-state index in [9.17, 15) is 9.59 Å². The van der Waals surface area contributed by atoms with Crippen LogP contribution in [0.5, 0.6) is 5.75 Å². The quantitative estimate of drug-likeness (QED) is 0.813. The van der Waals surface area contributed by atoms with Crippen LogP contribution in [0.4, 0.5) is 0 Å². The van der Waals surface area contributed by atoms with Gasteiger partial charge in [0.2, 0.25) is 0 Å². The van der Waals surface area contributed by atoms with Crippen LogP contribution in [0, 0.1) is 0 Å². The highest BCUT2D eigenvalue weighted by molar-refractivity contribution is 5.94. The van der Waals surface area contributed by atoms with Crippen LogP contribution >= 0.6 is 0 Å². The highest BCUT2D eigenvalue weighted by Crippen LogP contribution is 2.23. The summed E-state index contributed by atoms with van der Waals surface area (Å²) in [5.74, 6) is -0.881. The molecule has 0 spiro atoms. The second-order valence-electron chi connectivity index (χ2n) is 4.71. The predicted octanol–water partition coefficient (Wildman–Crippen LogP) is 1.06. The zero-order valence-corrected chi connectivity index (χ0v) is 11.2. The van der Waals surface area contributed by atoms with Crippen molar-refractivity contribution in [3.63, 3.8) is 0 Å². The standard InChI is InChI=1S/C14H17NO5/c1-19-12-6-10(7-12)15-14(18)9-3-2-4-11(5-9)20-8-13(16)17/h2-5,10,12H,6-8H2,1H3,(H,15,18)(H,16,17). The van der Waals surface area contributed by atoms with Crippen LogP contribution < -0.4 is 10.1 Å². The second kappa shape index (κ2) is 6.38. The van der Waals surface area contributed by atoms with Gasteiger partial charge in [0.15, 0.2) is 6.61 Å². The number of carboxylic acid groups (broad SMARTS) is 1. The number of benzene rings is 1. The minimum Gasteiger partial charge on any atom is -0.482 e. The molecular weight excluding hydrogens is 262 g/mol. The number of hydrogen-bond acceptors (Lipinski definition) is 4. The molecule has 0 saturated heterocycles. The Bertz CT molecular complexity index is 496. The smallest absolute Gasteiger partial charge is 0.341 e. The van der Waals surface area contributed by atoms with Gasteiger partial charge in [0.05, 0.1) is 6.10 Å². The minimum absolute atomic E-state index is 0.135. The van der Waals surface area contributed by atoms with Crippen molar-refractivity contribution in [3.05, 3.63) is 29.8 Å². The van der Waals surface area contributed by atoms with Gasteiger partial charge in [-0.25, -0.2) is 4.79 Å². The van der Waals surface area contributed by atoms with Crippen molar-refractivity contribution in [3.8, 4) is 5.75 Å². The molecular formula is C14H17NO5. The van der Waals surface area contributed by atoms with Crippen LogP contribution in [0.1, 0.15) is 23.2 Å². The Morgan fingerprint density at radius 3 is 2.80 bits per heavy atom. The highest BCUT2D eigenvalue weighted by atomic mass is 16.5. The fourth-order valence-corrected chi connectivity index (χ4v) is 2.02. The summed E-state index contributed by atoms with van der Waals surface area (Å²) in [6.45, 7) is -0.427. The van der Waals surface area contributed by atoms with E-state index < -0.39 is 12.6 Å². The van der Waals surface area contributed by atoms with Crippen molar-refractivity contribution < 1.29 is 24.2 Å². The largest absolute Gasteiger partial charge is 0.482 e. The van der Waals surface area contributed by atoms with Gasteiger partial charge in [-0.3, -0.25) is 4.79 Å². The molecule has 1 saturated carbocycles. The molecule has 1 aromatic rings. The van der Waals surface area contributed by atoms with Gasteiger partial charge in [0.25, 0.3) is 5.91 Å². The first-order valence-corrected chi connectivity index (χ1v) is 6.37. The molecule has 6 nitrogen and oxygen atoms in total. The molecule has 0 heterocycles. The molecule has 1 aliphatic carbocycles. The Hall–Kier alpha value is -2.08. The number of aliphatic carboxylic acids is 1. The molecule has 1 fully saturated rings. The molecule has 20 heavy (non-hydrogen) atoms. The number of carboxylic acids is 1. The molecule has 2 rings (SSSR count). The van der Waals surface area contributed by atoms with Crippen LogP contribution in [0.15, 0.2) is 24.3 Å². The zero-order valence-electron chi connectivity index (χ0n) is 11.2. The molecule has 108 valence electrons. The Morgan fingerprint density at radius 1 is 1.40 bits per heavy atom. The molecule has 1 aromatic carbocycles. The number of rotatable bonds is 6. The van der Waals surface area contributed by atoms with Crippen molar-refractivity contribution >= 4 is 11.9 Å². The summed E-state index contributed by atoms with van der Waals surface area (Å²) in [5, 5.41) is 11.4. The van der Waals surface area contributed by atoms with Crippen molar-refractivity contribution in [1.29, 1.82) is 0 Å². The highest BCUT2D eigenvalue weighted by Gasteiger charge is 2.30. The third-order valence-electron chi connectivity index (χ3n) is 3.22. The summed E-state index contributed by atoms with van der Waals surface area (Å²) in [5.41, 5.74) is 0.453. The molecule has 1 aliphatic rings. The van der Waals surface area contributed by atoms with Gasteiger partial charge in [0.1, 0.15) is 5.75 Å². The van der Waals surface area contributed by atoms with Gasteiger partial charge < -0.3 is 19.9 Å². The maximum absolute atomic E-state index is 12.0. The van der Waals surface area contributed by atoms with E-state index in [-0.39, 0.29) is 18.1 Å². The van der Waals surface area contributed by atoms with Crippen molar-refractivity contribution in [2.75, 3.05) is 13.7 Å². The summed E-state index contributed by atoms with van der Waals surface area (Å²) in [4.78, 5) is 22.4. The van der Waals surface area contributed by atoms with Crippen LogP contribution in [-0.4, -0.2) is 42.8 Å². The first-order chi connectivity index (χ1) is 9.58. The van der Waals surface area contributed by atoms with Crippen molar-refractivity contribution in [2.24, 2.45) is 0 Å². The summed E-state index contributed by atoms with van der Waals surface area (Å²) in [6.07, 6.45) is 1.86. The van der Waals surface area contributed by atoms with E-state index >= 15 is 0 Å². The zero-order chi connectivity index (χ0) is 14.5. The third kappa shape index (κ3) is 3.71. The molecule has 0 radical (unpaired) electrons. The maximum Gasteiger partial charge on any atom is 0.341 e. The van der Waals surface area contributed by atoms with E-state index in [1.54, 1.807) is 25.3 Å². The topological polar surface area (TPSA) is 84.9 Å². The Kier molecular flexibility index (Phi) is 4.57. The van der Waals surface area contributed by atoms with Crippen molar-refractivity contribution in [1.82, 2.24) is 5.32 Å². The van der Waals surface area contributed by atoms with Gasteiger partial charge in [-0.1, -0.05) is 6.07 Å². The molecule has 1 amide bonds. The molecule has 0 aromatic heterocycles. The average molecular weight is 279 g/mol. The fraction of sp³-hybridized carbons (Fsp3) is 0.429. The maximum atomic E-state index is 12.0. The number of hydrogen-bond donors (Lipinski definition) is 2. The second-order valence-corrected chi connectivity index (χ2v) is 4.71. The predicted molar refractivity (Wildman–Crippen MR) is 70.9 cm³/mol. The molecule has 2 N–H and O–H groups in total. The van der Waals surface area contributed by atoms with Gasteiger partial charge in [-0.15, -0.1) is 0 Å². The summed E-state index contributed by atoms with van der Waals surface area (Å²) in [7, 11) is 1.66. The van der Waals surface area contributed by atoms with Gasteiger partial charge in [-0.05, 0) is 31.0 Å². The first kappa shape index (κ1) is 14.3. The minimum atomic E-state index is -1.06. The van der Waals surface area contributed by atoms with E-state index in [0.717, 1.165) is 12.8 Å². The fourth-order valence-electron chi connectivity index (χ4n) is 2.02.